The molecule has 4 nitrogen and oxygen atoms in total. The van der Waals surface area contributed by atoms with Crippen LogP contribution in [0.4, 0.5) is 10.1 Å². The highest BCUT2D eigenvalue weighted by Gasteiger charge is 2.10. The van der Waals surface area contributed by atoms with E-state index in [1.165, 1.54) is 19.2 Å². The monoisotopic (exact) mass is 332 g/mol. The number of anilines is 1. The molecule has 23 heavy (non-hydrogen) atoms. The summed E-state index contributed by atoms with van der Waals surface area (Å²) < 4.78 is 18.2. The number of carbonyl (C=O) groups is 1. The maximum Gasteiger partial charge on any atom is 0.228 e. The number of rotatable bonds is 4. The summed E-state index contributed by atoms with van der Waals surface area (Å²) >= 11 is 6.03. The van der Waals surface area contributed by atoms with Crippen molar-refractivity contribution in [1.82, 2.24) is 4.98 Å². The Balaban J connectivity index is 1.75. The second-order valence-corrected chi connectivity index (χ2v) is 5.49. The number of aromatic nitrogens is 1. The Morgan fingerprint density at radius 3 is 2.87 bits per heavy atom. The molecule has 0 unspecified atom stereocenters. The Bertz CT molecular complexity index is 876. The van der Waals surface area contributed by atoms with Crippen molar-refractivity contribution in [3.8, 4) is 5.75 Å². The van der Waals surface area contributed by atoms with Crippen molar-refractivity contribution >= 4 is 34.1 Å². The number of hydrogen-bond acceptors (Lipinski definition) is 2. The summed E-state index contributed by atoms with van der Waals surface area (Å²) in [5.74, 6) is 0.0444. The van der Waals surface area contributed by atoms with E-state index in [0.29, 0.717) is 22.0 Å². The predicted octanol–water partition coefficient (Wildman–Crippen LogP) is 4.15. The fourth-order valence-electron chi connectivity index (χ4n) is 2.43. The molecule has 2 N–H and O–H groups in total. The summed E-state index contributed by atoms with van der Waals surface area (Å²) in [6.07, 6.45) is 1.89. The number of halogens is 2. The highest BCUT2D eigenvalue weighted by molar-refractivity contribution is 6.32. The average Bonchev–Trinajstić information content (AvgIpc) is 2.89. The molecule has 3 rings (SSSR count). The number of aromatic amines is 1. The lowest BCUT2D eigenvalue weighted by molar-refractivity contribution is -0.115. The van der Waals surface area contributed by atoms with E-state index in [-0.39, 0.29) is 18.1 Å². The fourth-order valence-corrected chi connectivity index (χ4v) is 2.68. The molecule has 0 bridgehead atoms. The van der Waals surface area contributed by atoms with Crippen molar-refractivity contribution in [2.45, 2.75) is 6.42 Å². The third-order valence-corrected chi connectivity index (χ3v) is 3.81. The number of methoxy groups -OCH3 is 1. The quantitative estimate of drug-likeness (QED) is 0.754. The van der Waals surface area contributed by atoms with Crippen LogP contribution in [0.2, 0.25) is 5.02 Å². The zero-order valence-electron chi connectivity index (χ0n) is 12.3. The lowest BCUT2D eigenvalue weighted by Crippen LogP contribution is -2.14. The largest absolute Gasteiger partial charge is 0.495 e. The van der Waals surface area contributed by atoms with E-state index < -0.39 is 0 Å². The molecule has 0 aliphatic carbocycles. The molecule has 0 aliphatic heterocycles. The normalized spacial score (nSPS) is 10.7. The van der Waals surface area contributed by atoms with Gasteiger partial charge in [-0.25, -0.2) is 4.39 Å². The maximum absolute atomic E-state index is 13.2. The highest BCUT2D eigenvalue weighted by atomic mass is 35.5. The summed E-state index contributed by atoms with van der Waals surface area (Å²) in [6, 6.07) is 9.47. The van der Waals surface area contributed by atoms with Crippen molar-refractivity contribution < 1.29 is 13.9 Å². The molecule has 118 valence electrons. The van der Waals surface area contributed by atoms with Gasteiger partial charge in [0.05, 0.1) is 18.6 Å². The molecule has 2 aromatic carbocycles. The van der Waals surface area contributed by atoms with Gasteiger partial charge in [-0.05, 0) is 42.0 Å². The summed E-state index contributed by atoms with van der Waals surface area (Å²) in [6.45, 7) is 0. The maximum atomic E-state index is 13.2. The van der Waals surface area contributed by atoms with Gasteiger partial charge in [-0.1, -0.05) is 11.6 Å². The Labute approximate surface area is 137 Å². The summed E-state index contributed by atoms with van der Waals surface area (Å²) in [5, 5.41) is 4.03. The molecule has 0 atom stereocenters. The van der Waals surface area contributed by atoms with Gasteiger partial charge in [0.25, 0.3) is 0 Å². The van der Waals surface area contributed by atoms with E-state index in [1.54, 1.807) is 30.5 Å². The minimum absolute atomic E-state index is 0.176. The molecule has 0 fully saturated rings. The van der Waals surface area contributed by atoms with Crippen LogP contribution in [0.15, 0.2) is 42.6 Å². The number of benzene rings is 2. The second kappa shape index (κ2) is 6.30. The molecule has 0 spiro atoms. The Morgan fingerprint density at radius 2 is 2.13 bits per heavy atom. The van der Waals surface area contributed by atoms with Crippen LogP contribution in [0.3, 0.4) is 0 Å². The van der Waals surface area contributed by atoms with Crippen molar-refractivity contribution in [3.63, 3.8) is 0 Å². The van der Waals surface area contributed by atoms with Gasteiger partial charge in [0.15, 0.2) is 0 Å². The zero-order chi connectivity index (χ0) is 16.4. The van der Waals surface area contributed by atoms with Gasteiger partial charge in [0.1, 0.15) is 11.6 Å². The standard InChI is InChI=1S/C17H14ClFN2O2/c1-23-16-5-3-12(8-14(16)18)21-17(22)6-10-9-20-15-7-11(19)2-4-13(10)15/h2-5,7-9,20H,6H2,1H3,(H,21,22). The van der Waals surface area contributed by atoms with E-state index in [1.807, 2.05) is 0 Å². The van der Waals surface area contributed by atoms with Crippen LogP contribution in [0, 0.1) is 5.82 Å². The number of carbonyl (C=O) groups excluding carboxylic acids is 1. The number of ether oxygens (including phenoxy) is 1. The molecular formula is C17H14ClFN2O2. The van der Waals surface area contributed by atoms with E-state index in [0.717, 1.165) is 10.9 Å². The van der Waals surface area contributed by atoms with Gasteiger partial charge >= 0.3 is 0 Å². The molecule has 0 saturated heterocycles. The van der Waals surface area contributed by atoms with Crippen LogP contribution < -0.4 is 10.1 Å². The highest BCUT2D eigenvalue weighted by Crippen LogP contribution is 2.27. The average molecular weight is 333 g/mol. The topological polar surface area (TPSA) is 54.1 Å². The Hall–Kier alpha value is -2.53. The minimum atomic E-state index is -0.316. The lowest BCUT2D eigenvalue weighted by Gasteiger charge is -2.08. The molecular weight excluding hydrogens is 319 g/mol. The van der Waals surface area contributed by atoms with E-state index in [9.17, 15) is 9.18 Å². The smallest absolute Gasteiger partial charge is 0.228 e. The van der Waals surface area contributed by atoms with Crippen molar-refractivity contribution in [3.05, 3.63) is 59.0 Å². The first-order valence-corrected chi connectivity index (χ1v) is 7.33. The first-order valence-electron chi connectivity index (χ1n) is 6.95. The number of H-pyrrole nitrogens is 1. The third kappa shape index (κ3) is 3.29. The van der Waals surface area contributed by atoms with Crippen molar-refractivity contribution in [2.75, 3.05) is 12.4 Å². The van der Waals surface area contributed by atoms with Crippen LogP contribution in [0.5, 0.6) is 5.75 Å². The first-order chi connectivity index (χ1) is 11.1. The number of hydrogen-bond donors (Lipinski definition) is 2. The molecule has 6 heteroatoms. The summed E-state index contributed by atoms with van der Waals surface area (Å²) in [7, 11) is 1.53. The van der Waals surface area contributed by atoms with Gasteiger partial charge in [0, 0.05) is 22.8 Å². The van der Waals surface area contributed by atoms with E-state index in [2.05, 4.69) is 10.3 Å². The van der Waals surface area contributed by atoms with Crippen molar-refractivity contribution in [2.24, 2.45) is 0 Å². The molecule has 0 radical (unpaired) electrons. The molecule has 1 amide bonds. The molecule has 1 heterocycles. The van der Waals surface area contributed by atoms with E-state index in [4.69, 9.17) is 16.3 Å². The molecule has 0 saturated carbocycles. The van der Waals surface area contributed by atoms with Crippen LogP contribution >= 0.6 is 11.6 Å². The lowest BCUT2D eigenvalue weighted by atomic mass is 10.1. The van der Waals surface area contributed by atoms with Crippen LogP contribution in [-0.4, -0.2) is 18.0 Å². The predicted molar refractivity (Wildman–Crippen MR) is 88.6 cm³/mol. The van der Waals surface area contributed by atoms with Gasteiger partial charge in [-0.2, -0.15) is 0 Å². The van der Waals surface area contributed by atoms with Gasteiger partial charge < -0.3 is 15.0 Å². The fraction of sp³-hybridized carbons (Fsp3) is 0.118. The Morgan fingerprint density at radius 1 is 1.30 bits per heavy atom. The van der Waals surface area contributed by atoms with Crippen LogP contribution in [0.1, 0.15) is 5.56 Å². The minimum Gasteiger partial charge on any atom is -0.495 e. The SMILES string of the molecule is COc1ccc(NC(=O)Cc2c[nH]c3cc(F)ccc23)cc1Cl. The molecule has 1 aromatic heterocycles. The van der Waals surface area contributed by atoms with Crippen molar-refractivity contribution in [1.29, 1.82) is 0 Å². The van der Waals surface area contributed by atoms with E-state index >= 15 is 0 Å². The number of fused-ring (bicyclic) bond motifs is 1. The van der Waals surface area contributed by atoms with Gasteiger partial charge in [-0.3, -0.25) is 4.79 Å². The van der Waals surface area contributed by atoms with Gasteiger partial charge in [0.2, 0.25) is 5.91 Å². The van der Waals surface area contributed by atoms with Crippen LogP contribution in [-0.2, 0) is 11.2 Å². The second-order valence-electron chi connectivity index (χ2n) is 5.08. The van der Waals surface area contributed by atoms with Crippen LogP contribution in [0.25, 0.3) is 10.9 Å². The molecule has 3 aromatic rings. The zero-order valence-corrected chi connectivity index (χ0v) is 13.1. The third-order valence-electron chi connectivity index (χ3n) is 3.52. The molecule has 0 aliphatic rings. The summed E-state index contributed by atoms with van der Waals surface area (Å²) in [4.78, 5) is 15.1. The number of nitrogens with one attached hydrogen (secondary N) is 2. The Kier molecular flexibility index (Phi) is 4.21. The first kappa shape index (κ1) is 15.4. The number of amides is 1. The van der Waals surface area contributed by atoms with Gasteiger partial charge in [-0.15, -0.1) is 0 Å². The summed E-state index contributed by atoms with van der Waals surface area (Å²) in [5.41, 5.74) is 2.06.